The Morgan fingerprint density at radius 3 is 2.52 bits per heavy atom. The Bertz CT molecular complexity index is 596. The first kappa shape index (κ1) is 15.8. The fraction of sp³-hybridized carbons (Fsp3) is 0.625. The van der Waals surface area contributed by atoms with Crippen LogP contribution in [0.3, 0.4) is 0 Å². The van der Waals surface area contributed by atoms with Crippen molar-refractivity contribution in [1.29, 1.82) is 0 Å². The maximum atomic E-state index is 6.32. The minimum absolute atomic E-state index is 0.0758. The molecule has 2 unspecified atom stereocenters. The zero-order chi connectivity index (χ0) is 15.6. The van der Waals surface area contributed by atoms with Gasteiger partial charge in [0.25, 0.3) is 0 Å². The van der Waals surface area contributed by atoms with Crippen LogP contribution in [0.2, 0.25) is 0 Å². The van der Waals surface area contributed by atoms with Gasteiger partial charge in [-0.1, -0.05) is 6.92 Å². The molecule has 0 aliphatic carbocycles. The summed E-state index contributed by atoms with van der Waals surface area (Å²) in [6, 6.07) is 2.60. The molecule has 0 bridgehead atoms. The van der Waals surface area contributed by atoms with Gasteiger partial charge in [0.2, 0.25) is 0 Å². The van der Waals surface area contributed by atoms with E-state index in [1.807, 2.05) is 23.3 Å². The number of aryl methyl sites for hydroxylation is 2. The Morgan fingerprint density at radius 2 is 1.95 bits per heavy atom. The summed E-state index contributed by atoms with van der Waals surface area (Å²) in [7, 11) is 1.98. The summed E-state index contributed by atoms with van der Waals surface area (Å²) in [5.74, 6) is 0. The van der Waals surface area contributed by atoms with Crippen LogP contribution in [-0.4, -0.2) is 25.6 Å². The highest BCUT2D eigenvalue weighted by Gasteiger charge is 2.15. The summed E-state index contributed by atoms with van der Waals surface area (Å²) in [5.41, 5.74) is 10.9. The maximum absolute atomic E-state index is 6.32. The molecule has 2 rings (SSSR count). The maximum Gasteiger partial charge on any atom is 0.0640 e. The van der Waals surface area contributed by atoms with E-state index in [-0.39, 0.29) is 6.04 Å². The van der Waals surface area contributed by atoms with Gasteiger partial charge in [0.15, 0.2) is 0 Å². The molecule has 2 aromatic heterocycles. The average molecular weight is 289 g/mol. The van der Waals surface area contributed by atoms with Crippen molar-refractivity contribution >= 4 is 0 Å². The van der Waals surface area contributed by atoms with Crippen molar-refractivity contribution in [2.75, 3.05) is 0 Å². The summed E-state index contributed by atoms with van der Waals surface area (Å²) in [6.45, 7) is 8.50. The van der Waals surface area contributed by atoms with Crippen LogP contribution in [0.4, 0.5) is 0 Å². The zero-order valence-electron chi connectivity index (χ0n) is 13.8. The summed E-state index contributed by atoms with van der Waals surface area (Å²) >= 11 is 0. The molecule has 0 spiro atoms. The Balaban J connectivity index is 2.01. The van der Waals surface area contributed by atoms with Gasteiger partial charge in [-0.3, -0.25) is 9.36 Å². The normalized spacial score (nSPS) is 14.4. The van der Waals surface area contributed by atoms with E-state index in [4.69, 9.17) is 5.73 Å². The van der Waals surface area contributed by atoms with Crippen LogP contribution in [0.15, 0.2) is 12.3 Å². The Labute approximate surface area is 127 Å². The van der Waals surface area contributed by atoms with Crippen molar-refractivity contribution in [2.45, 2.75) is 59.0 Å². The Hall–Kier alpha value is -1.62. The third-order valence-corrected chi connectivity index (χ3v) is 4.30. The van der Waals surface area contributed by atoms with Gasteiger partial charge < -0.3 is 5.73 Å². The molecule has 2 atom stereocenters. The molecule has 0 saturated heterocycles. The van der Waals surface area contributed by atoms with Crippen LogP contribution in [0.1, 0.15) is 49.0 Å². The standard InChI is InChI=1S/C16H27N5/c1-6-11(2)21-8-7-15(19-21)9-14(17)10-16-12(3)18-20(5)13(16)4/h7-8,11,14H,6,9-10,17H2,1-5H3. The molecule has 0 fully saturated rings. The van der Waals surface area contributed by atoms with Gasteiger partial charge in [-0.05, 0) is 45.2 Å². The zero-order valence-corrected chi connectivity index (χ0v) is 13.8. The van der Waals surface area contributed by atoms with Crippen LogP contribution >= 0.6 is 0 Å². The Kier molecular flexibility index (Phi) is 4.83. The molecule has 0 radical (unpaired) electrons. The molecule has 5 heteroatoms. The van der Waals surface area contributed by atoms with Crippen molar-refractivity contribution in [3.8, 4) is 0 Å². The molecule has 2 N–H and O–H groups in total. The molecule has 21 heavy (non-hydrogen) atoms. The van der Waals surface area contributed by atoms with E-state index in [9.17, 15) is 0 Å². The van der Waals surface area contributed by atoms with E-state index < -0.39 is 0 Å². The predicted molar refractivity (Wildman–Crippen MR) is 85.3 cm³/mol. The minimum Gasteiger partial charge on any atom is -0.327 e. The second kappa shape index (κ2) is 6.43. The van der Waals surface area contributed by atoms with E-state index in [2.05, 4.69) is 43.2 Å². The SMILES string of the molecule is CCC(C)n1ccc(CC(N)Cc2c(C)nn(C)c2C)n1. The molecule has 116 valence electrons. The van der Waals surface area contributed by atoms with Gasteiger partial charge in [-0.15, -0.1) is 0 Å². The van der Waals surface area contributed by atoms with Gasteiger partial charge >= 0.3 is 0 Å². The molecular weight excluding hydrogens is 262 g/mol. The molecular formula is C16H27N5. The number of rotatable bonds is 6. The number of hydrogen-bond acceptors (Lipinski definition) is 3. The Morgan fingerprint density at radius 1 is 1.24 bits per heavy atom. The number of aromatic nitrogens is 4. The third-order valence-electron chi connectivity index (χ3n) is 4.30. The van der Waals surface area contributed by atoms with Crippen LogP contribution in [0, 0.1) is 13.8 Å². The fourth-order valence-corrected chi connectivity index (χ4v) is 2.63. The molecule has 0 amide bonds. The van der Waals surface area contributed by atoms with Gasteiger partial charge in [-0.2, -0.15) is 10.2 Å². The molecule has 0 aliphatic rings. The lowest BCUT2D eigenvalue weighted by molar-refractivity contribution is 0.471. The minimum atomic E-state index is 0.0758. The van der Waals surface area contributed by atoms with Crippen molar-refractivity contribution in [3.05, 3.63) is 34.9 Å². The molecule has 2 aromatic rings. The van der Waals surface area contributed by atoms with Crippen molar-refractivity contribution in [2.24, 2.45) is 12.8 Å². The van der Waals surface area contributed by atoms with E-state index in [1.165, 1.54) is 11.3 Å². The average Bonchev–Trinajstić information content (AvgIpc) is 2.99. The first-order valence-electron chi connectivity index (χ1n) is 7.71. The quantitative estimate of drug-likeness (QED) is 0.887. The second-order valence-corrected chi connectivity index (χ2v) is 5.99. The van der Waals surface area contributed by atoms with E-state index >= 15 is 0 Å². The molecule has 2 heterocycles. The third kappa shape index (κ3) is 3.53. The van der Waals surface area contributed by atoms with Gasteiger partial charge in [-0.25, -0.2) is 0 Å². The van der Waals surface area contributed by atoms with E-state index in [1.54, 1.807) is 0 Å². The van der Waals surface area contributed by atoms with Crippen LogP contribution in [-0.2, 0) is 19.9 Å². The summed E-state index contributed by atoms with van der Waals surface area (Å²) in [5, 5.41) is 9.08. The summed E-state index contributed by atoms with van der Waals surface area (Å²) in [4.78, 5) is 0. The van der Waals surface area contributed by atoms with Crippen molar-refractivity contribution in [1.82, 2.24) is 19.6 Å². The first-order chi connectivity index (χ1) is 9.92. The van der Waals surface area contributed by atoms with Gasteiger partial charge in [0.05, 0.1) is 11.4 Å². The molecule has 0 aliphatic heterocycles. The monoisotopic (exact) mass is 289 g/mol. The fourth-order valence-electron chi connectivity index (χ4n) is 2.63. The predicted octanol–water partition coefficient (Wildman–Crippen LogP) is 2.32. The highest BCUT2D eigenvalue weighted by molar-refractivity contribution is 5.25. The van der Waals surface area contributed by atoms with Crippen LogP contribution in [0.5, 0.6) is 0 Å². The lowest BCUT2D eigenvalue weighted by Gasteiger charge is -2.11. The lowest BCUT2D eigenvalue weighted by atomic mass is 10.0. The lowest BCUT2D eigenvalue weighted by Crippen LogP contribution is -2.26. The van der Waals surface area contributed by atoms with Crippen LogP contribution < -0.4 is 5.73 Å². The van der Waals surface area contributed by atoms with Gasteiger partial charge in [0, 0.05) is 37.4 Å². The highest BCUT2D eigenvalue weighted by Crippen LogP contribution is 2.16. The summed E-state index contributed by atoms with van der Waals surface area (Å²) < 4.78 is 3.96. The topological polar surface area (TPSA) is 61.7 Å². The largest absolute Gasteiger partial charge is 0.327 e. The number of nitrogens with two attached hydrogens (primary N) is 1. The number of hydrogen-bond donors (Lipinski definition) is 1. The second-order valence-electron chi connectivity index (χ2n) is 5.99. The highest BCUT2D eigenvalue weighted by atomic mass is 15.3. The summed E-state index contributed by atoms with van der Waals surface area (Å²) in [6.07, 6.45) is 4.79. The van der Waals surface area contributed by atoms with E-state index in [0.717, 1.165) is 30.7 Å². The number of nitrogens with zero attached hydrogens (tertiary/aromatic N) is 4. The molecule has 5 nitrogen and oxygen atoms in total. The first-order valence-corrected chi connectivity index (χ1v) is 7.71. The smallest absolute Gasteiger partial charge is 0.0640 e. The molecule has 0 aromatic carbocycles. The van der Waals surface area contributed by atoms with E-state index in [0.29, 0.717) is 6.04 Å². The van der Waals surface area contributed by atoms with Crippen LogP contribution in [0.25, 0.3) is 0 Å². The van der Waals surface area contributed by atoms with Crippen molar-refractivity contribution < 1.29 is 0 Å². The molecule has 0 saturated carbocycles. The van der Waals surface area contributed by atoms with Crippen molar-refractivity contribution in [3.63, 3.8) is 0 Å². The van der Waals surface area contributed by atoms with Gasteiger partial charge in [0.1, 0.15) is 0 Å².